The maximum Gasteiger partial charge on any atom is 0.201 e. The Bertz CT molecular complexity index is 197. The van der Waals surface area contributed by atoms with E-state index in [1.54, 1.807) is 24.3 Å². The van der Waals surface area contributed by atoms with Crippen LogP contribution >= 0.6 is 0 Å². The first kappa shape index (κ1) is 12.0. The lowest BCUT2D eigenvalue weighted by atomic mass is 9.96. The van der Waals surface area contributed by atoms with Crippen molar-refractivity contribution in [2.75, 3.05) is 0 Å². The first-order valence-electron chi connectivity index (χ1n) is 4.26. The van der Waals surface area contributed by atoms with Gasteiger partial charge in [0.1, 0.15) is 0 Å². The van der Waals surface area contributed by atoms with Gasteiger partial charge in [0.2, 0.25) is 6.29 Å². The molecule has 0 aromatic carbocycles. The van der Waals surface area contributed by atoms with Crippen LogP contribution in [0, 0.1) is 5.41 Å². The van der Waals surface area contributed by atoms with Gasteiger partial charge in [-0.2, -0.15) is 0 Å². The molecule has 0 aliphatic carbocycles. The molecule has 0 saturated carbocycles. The van der Waals surface area contributed by atoms with Gasteiger partial charge in [0.15, 0.2) is 0 Å². The Balaban J connectivity index is 3.82. The monoisotopic (exact) mass is 182 g/mol. The Morgan fingerprint density at radius 2 is 1.85 bits per heavy atom. The van der Waals surface area contributed by atoms with Crippen LogP contribution < -0.4 is 0 Å². The quantitative estimate of drug-likeness (QED) is 0.411. The van der Waals surface area contributed by atoms with Crippen molar-refractivity contribution < 1.29 is 9.84 Å². The number of allylic oxidation sites excluding steroid dienone is 4. The molecule has 0 bridgehead atoms. The molecule has 0 saturated heterocycles. The maximum absolute atomic E-state index is 9.42. The van der Waals surface area contributed by atoms with E-state index in [2.05, 4.69) is 6.58 Å². The maximum atomic E-state index is 9.42. The van der Waals surface area contributed by atoms with E-state index < -0.39 is 6.29 Å². The molecule has 0 heterocycles. The molecule has 74 valence electrons. The van der Waals surface area contributed by atoms with Gasteiger partial charge in [0.05, 0.1) is 6.26 Å². The standard InChI is InChI=1S/C11H18O2/c1-5-6-7-8-9-13-10(12)11(2,3)4/h5-10,12H,1H2,2-4H3/b7-6-,9-8+. The lowest BCUT2D eigenvalue weighted by molar-refractivity contribution is -0.121. The van der Waals surface area contributed by atoms with Crippen molar-refractivity contribution >= 4 is 0 Å². The van der Waals surface area contributed by atoms with Gasteiger partial charge in [-0.25, -0.2) is 0 Å². The minimum Gasteiger partial charge on any atom is -0.472 e. The summed E-state index contributed by atoms with van der Waals surface area (Å²) in [6.45, 7) is 9.25. The van der Waals surface area contributed by atoms with Crippen LogP contribution in [-0.4, -0.2) is 11.4 Å². The zero-order chi connectivity index (χ0) is 10.3. The van der Waals surface area contributed by atoms with Crippen molar-refractivity contribution in [2.45, 2.75) is 27.1 Å². The summed E-state index contributed by atoms with van der Waals surface area (Å²) in [7, 11) is 0. The predicted octanol–water partition coefficient (Wildman–Crippen LogP) is 2.62. The number of rotatable bonds is 4. The molecule has 0 aliphatic heterocycles. The second-order valence-corrected chi connectivity index (χ2v) is 3.80. The van der Waals surface area contributed by atoms with E-state index >= 15 is 0 Å². The predicted molar refractivity (Wildman–Crippen MR) is 55.0 cm³/mol. The molecule has 0 aliphatic rings. The summed E-state index contributed by atoms with van der Waals surface area (Å²) in [6, 6.07) is 0. The van der Waals surface area contributed by atoms with Crippen LogP contribution in [0.5, 0.6) is 0 Å². The molecule has 0 rings (SSSR count). The van der Waals surface area contributed by atoms with Gasteiger partial charge in [0, 0.05) is 5.41 Å². The Morgan fingerprint density at radius 3 is 2.31 bits per heavy atom. The van der Waals surface area contributed by atoms with E-state index in [4.69, 9.17) is 4.74 Å². The van der Waals surface area contributed by atoms with Crippen LogP contribution in [-0.2, 0) is 4.74 Å². The first-order valence-corrected chi connectivity index (χ1v) is 4.26. The Kier molecular flexibility index (Phi) is 5.16. The molecule has 0 aromatic heterocycles. The second-order valence-electron chi connectivity index (χ2n) is 3.80. The fraction of sp³-hybridized carbons (Fsp3) is 0.455. The van der Waals surface area contributed by atoms with Crippen molar-refractivity contribution in [2.24, 2.45) is 5.41 Å². The van der Waals surface area contributed by atoms with Crippen LogP contribution in [0.15, 0.2) is 37.1 Å². The molecule has 2 nitrogen and oxygen atoms in total. The smallest absolute Gasteiger partial charge is 0.201 e. The zero-order valence-corrected chi connectivity index (χ0v) is 8.53. The van der Waals surface area contributed by atoms with Crippen LogP contribution in [0.4, 0.5) is 0 Å². The topological polar surface area (TPSA) is 29.5 Å². The third-order valence-corrected chi connectivity index (χ3v) is 1.39. The Hall–Kier alpha value is -1.02. The molecule has 0 aromatic rings. The van der Waals surface area contributed by atoms with Crippen LogP contribution in [0.3, 0.4) is 0 Å². The molecule has 0 radical (unpaired) electrons. The summed E-state index contributed by atoms with van der Waals surface area (Å²) in [5.41, 5.74) is -0.257. The lowest BCUT2D eigenvalue weighted by Gasteiger charge is -2.24. The highest BCUT2D eigenvalue weighted by Crippen LogP contribution is 2.19. The number of aliphatic hydroxyl groups is 1. The summed E-state index contributed by atoms with van der Waals surface area (Å²) >= 11 is 0. The van der Waals surface area contributed by atoms with Gasteiger partial charge in [0.25, 0.3) is 0 Å². The fourth-order valence-electron chi connectivity index (χ4n) is 0.512. The van der Waals surface area contributed by atoms with E-state index in [1.165, 1.54) is 6.26 Å². The van der Waals surface area contributed by atoms with Crippen molar-refractivity contribution in [1.29, 1.82) is 0 Å². The summed E-state index contributed by atoms with van der Waals surface area (Å²) in [4.78, 5) is 0. The van der Waals surface area contributed by atoms with Gasteiger partial charge in [-0.15, -0.1) is 0 Å². The summed E-state index contributed by atoms with van der Waals surface area (Å²) in [5.74, 6) is 0. The van der Waals surface area contributed by atoms with Gasteiger partial charge in [-0.3, -0.25) is 0 Å². The highest BCUT2D eigenvalue weighted by atomic mass is 16.6. The lowest BCUT2D eigenvalue weighted by Crippen LogP contribution is -2.26. The van der Waals surface area contributed by atoms with Gasteiger partial charge in [-0.1, -0.05) is 45.6 Å². The van der Waals surface area contributed by atoms with Crippen molar-refractivity contribution in [3.63, 3.8) is 0 Å². The van der Waals surface area contributed by atoms with Crippen molar-refractivity contribution in [3.8, 4) is 0 Å². The fourth-order valence-corrected chi connectivity index (χ4v) is 0.512. The first-order chi connectivity index (χ1) is 5.98. The molecule has 1 unspecified atom stereocenters. The second kappa shape index (κ2) is 5.60. The third-order valence-electron chi connectivity index (χ3n) is 1.39. The molecule has 0 spiro atoms. The van der Waals surface area contributed by atoms with Crippen LogP contribution in [0.1, 0.15) is 20.8 Å². The van der Waals surface area contributed by atoms with Crippen LogP contribution in [0.25, 0.3) is 0 Å². The van der Waals surface area contributed by atoms with E-state index in [0.717, 1.165) is 0 Å². The van der Waals surface area contributed by atoms with Gasteiger partial charge >= 0.3 is 0 Å². The van der Waals surface area contributed by atoms with Crippen LogP contribution in [0.2, 0.25) is 0 Å². The normalized spacial score (nSPS) is 15.1. The molecule has 0 fully saturated rings. The summed E-state index contributed by atoms with van der Waals surface area (Å²) < 4.78 is 5.04. The average molecular weight is 182 g/mol. The molecular formula is C11H18O2. The highest BCUT2D eigenvalue weighted by Gasteiger charge is 2.22. The number of aliphatic hydroxyl groups excluding tert-OH is 1. The van der Waals surface area contributed by atoms with Crippen molar-refractivity contribution in [3.05, 3.63) is 37.1 Å². The largest absolute Gasteiger partial charge is 0.472 e. The molecular weight excluding hydrogens is 164 g/mol. The van der Waals surface area contributed by atoms with Gasteiger partial charge < -0.3 is 9.84 Å². The summed E-state index contributed by atoms with van der Waals surface area (Å²) in [6.07, 6.45) is 7.63. The summed E-state index contributed by atoms with van der Waals surface area (Å²) in [5, 5.41) is 9.42. The number of hydrogen-bond donors (Lipinski definition) is 1. The average Bonchev–Trinajstić information content (AvgIpc) is 2.02. The minimum absolute atomic E-state index is 0.257. The molecule has 1 atom stereocenters. The minimum atomic E-state index is -0.777. The molecule has 13 heavy (non-hydrogen) atoms. The third kappa shape index (κ3) is 6.17. The zero-order valence-electron chi connectivity index (χ0n) is 8.53. The van der Waals surface area contributed by atoms with Gasteiger partial charge in [-0.05, 0) is 6.08 Å². The van der Waals surface area contributed by atoms with E-state index in [9.17, 15) is 5.11 Å². The van der Waals surface area contributed by atoms with E-state index in [-0.39, 0.29) is 5.41 Å². The number of hydrogen-bond acceptors (Lipinski definition) is 2. The molecule has 0 amide bonds. The Labute approximate surface area is 80.2 Å². The SMILES string of the molecule is C=C/C=C\C=C\OC(O)C(C)(C)C. The molecule has 2 heteroatoms. The highest BCUT2D eigenvalue weighted by molar-refractivity contribution is 5.07. The van der Waals surface area contributed by atoms with E-state index in [1.807, 2.05) is 20.8 Å². The number of ether oxygens (including phenoxy) is 1. The van der Waals surface area contributed by atoms with Crippen molar-refractivity contribution in [1.82, 2.24) is 0 Å². The Morgan fingerprint density at radius 1 is 1.23 bits per heavy atom. The van der Waals surface area contributed by atoms with E-state index in [0.29, 0.717) is 0 Å². The molecule has 1 N–H and O–H groups in total.